The molecule has 4 rings (SSSR count). The van der Waals surface area contributed by atoms with Crippen molar-refractivity contribution in [3.8, 4) is 28.6 Å². The van der Waals surface area contributed by atoms with Crippen molar-refractivity contribution in [2.24, 2.45) is 7.05 Å². The van der Waals surface area contributed by atoms with E-state index in [4.69, 9.17) is 14.6 Å². The first kappa shape index (κ1) is 25.5. The molecule has 0 radical (unpaired) electrons. The van der Waals surface area contributed by atoms with E-state index in [-0.39, 0.29) is 6.04 Å². The molecule has 6 heteroatoms. The molecule has 3 aromatic carbocycles. The first-order valence-corrected chi connectivity index (χ1v) is 12.4. The highest BCUT2D eigenvalue weighted by molar-refractivity contribution is 5.65. The highest BCUT2D eigenvalue weighted by Crippen LogP contribution is 2.35. The third-order valence-corrected chi connectivity index (χ3v) is 6.58. The van der Waals surface area contributed by atoms with Crippen LogP contribution in [0.15, 0.2) is 84.9 Å². The molecule has 2 unspecified atom stereocenters. The zero-order valence-electron chi connectivity index (χ0n) is 21.5. The molecule has 0 spiro atoms. The molecule has 36 heavy (non-hydrogen) atoms. The van der Waals surface area contributed by atoms with Gasteiger partial charge < -0.3 is 14.6 Å². The van der Waals surface area contributed by atoms with Crippen LogP contribution in [-0.4, -0.2) is 39.5 Å². The van der Waals surface area contributed by atoms with E-state index < -0.39 is 6.10 Å². The van der Waals surface area contributed by atoms with Gasteiger partial charge in [-0.15, -0.1) is 0 Å². The van der Waals surface area contributed by atoms with Gasteiger partial charge in [-0.25, -0.2) is 4.68 Å². The molecule has 6 nitrogen and oxygen atoms in total. The van der Waals surface area contributed by atoms with Crippen molar-refractivity contribution in [1.82, 2.24) is 14.7 Å². The Hall–Kier alpha value is -3.61. The number of rotatable bonds is 11. The molecule has 2 atom stereocenters. The van der Waals surface area contributed by atoms with Gasteiger partial charge in [0.25, 0.3) is 0 Å². The maximum Gasteiger partial charge on any atom is 0.222 e. The molecular formula is C30H35N3O3. The molecule has 0 aliphatic rings. The molecule has 0 saturated heterocycles. The Labute approximate surface area is 213 Å². The maximum atomic E-state index is 11.1. The summed E-state index contributed by atoms with van der Waals surface area (Å²) in [5, 5.41) is 15.9. The summed E-state index contributed by atoms with van der Waals surface area (Å²) < 4.78 is 13.5. The van der Waals surface area contributed by atoms with E-state index >= 15 is 0 Å². The van der Waals surface area contributed by atoms with Crippen LogP contribution in [0.4, 0.5) is 0 Å². The van der Waals surface area contributed by atoms with Crippen LogP contribution >= 0.6 is 0 Å². The van der Waals surface area contributed by atoms with Gasteiger partial charge in [-0.1, -0.05) is 67.6 Å². The zero-order chi connectivity index (χ0) is 25.5. The normalized spacial score (nSPS) is 12.9. The number of hydrogen-bond acceptors (Lipinski definition) is 5. The largest absolute Gasteiger partial charge is 0.497 e. The van der Waals surface area contributed by atoms with Crippen LogP contribution in [0.5, 0.6) is 17.4 Å². The minimum atomic E-state index is -0.594. The van der Waals surface area contributed by atoms with Gasteiger partial charge in [-0.2, -0.15) is 5.10 Å². The molecule has 0 saturated carbocycles. The van der Waals surface area contributed by atoms with E-state index in [2.05, 4.69) is 30.9 Å². The van der Waals surface area contributed by atoms with Crippen LogP contribution < -0.4 is 9.47 Å². The maximum absolute atomic E-state index is 11.1. The predicted octanol–water partition coefficient (Wildman–Crippen LogP) is 6.22. The standard InChI is InChI=1S/C30H35N3O3/c1-5-22(2)33(21-28(34)23-12-8-6-9-13-23)20-27-29(24-14-10-7-11-15-24)31-32(3)30(27)36-26-18-16-25(35-4)17-19-26/h6-19,22,28,34H,5,20-21H2,1-4H3. The van der Waals surface area contributed by atoms with Crippen LogP contribution in [0.1, 0.15) is 37.5 Å². The Morgan fingerprint density at radius 1 is 0.917 bits per heavy atom. The van der Waals surface area contributed by atoms with Gasteiger partial charge in [0, 0.05) is 31.7 Å². The number of hydrogen-bond donors (Lipinski definition) is 1. The topological polar surface area (TPSA) is 59.8 Å². The quantitative estimate of drug-likeness (QED) is 0.273. The van der Waals surface area contributed by atoms with Gasteiger partial charge in [0.2, 0.25) is 5.88 Å². The first-order chi connectivity index (χ1) is 17.5. The van der Waals surface area contributed by atoms with E-state index in [1.807, 2.05) is 79.8 Å². The van der Waals surface area contributed by atoms with E-state index in [9.17, 15) is 5.11 Å². The lowest BCUT2D eigenvalue weighted by atomic mass is 10.0. The fourth-order valence-electron chi connectivity index (χ4n) is 4.27. The third-order valence-electron chi connectivity index (χ3n) is 6.58. The van der Waals surface area contributed by atoms with Crippen molar-refractivity contribution in [3.63, 3.8) is 0 Å². The molecule has 0 bridgehead atoms. The number of aliphatic hydroxyl groups is 1. The van der Waals surface area contributed by atoms with Crippen molar-refractivity contribution >= 4 is 0 Å². The lowest BCUT2D eigenvalue weighted by Gasteiger charge is -2.31. The smallest absolute Gasteiger partial charge is 0.222 e. The van der Waals surface area contributed by atoms with E-state index in [1.165, 1.54) is 0 Å². The number of methoxy groups -OCH3 is 1. The number of benzene rings is 3. The molecule has 0 aliphatic heterocycles. The summed E-state index contributed by atoms with van der Waals surface area (Å²) in [6.07, 6.45) is 0.361. The Bertz CT molecular complexity index is 1220. The van der Waals surface area contributed by atoms with E-state index in [1.54, 1.807) is 11.8 Å². The fourth-order valence-corrected chi connectivity index (χ4v) is 4.27. The minimum Gasteiger partial charge on any atom is -0.497 e. The van der Waals surface area contributed by atoms with Crippen molar-refractivity contribution in [2.45, 2.75) is 39.0 Å². The van der Waals surface area contributed by atoms with Crippen molar-refractivity contribution in [2.75, 3.05) is 13.7 Å². The highest BCUT2D eigenvalue weighted by atomic mass is 16.5. The number of ether oxygens (including phenoxy) is 2. The molecule has 0 fully saturated rings. The predicted molar refractivity (Wildman–Crippen MR) is 143 cm³/mol. The summed E-state index contributed by atoms with van der Waals surface area (Å²) in [6, 6.07) is 27.8. The third kappa shape index (κ3) is 5.96. The van der Waals surface area contributed by atoms with Gasteiger partial charge in [0.15, 0.2) is 0 Å². The first-order valence-electron chi connectivity index (χ1n) is 12.4. The Kier molecular flexibility index (Phi) is 8.41. The van der Waals surface area contributed by atoms with Crippen molar-refractivity contribution < 1.29 is 14.6 Å². The number of aromatic nitrogens is 2. The summed E-state index contributed by atoms with van der Waals surface area (Å²) in [4.78, 5) is 2.31. The van der Waals surface area contributed by atoms with Gasteiger partial charge in [-0.05, 0) is 43.2 Å². The van der Waals surface area contributed by atoms with Crippen molar-refractivity contribution in [1.29, 1.82) is 0 Å². The van der Waals surface area contributed by atoms with Gasteiger partial charge in [-0.3, -0.25) is 4.90 Å². The SMILES string of the molecule is CCC(C)N(Cc1c(-c2ccccc2)nn(C)c1Oc1ccc(OC)cc1)CC(O)c1ccccc1. The van der Waals surface area contributed by atoms with E-state index in [0.29, 0.717) is 24.7 Å². The van der Waals surface area contributed by atoms with Crippen LogP contribution in [0.25, 0.3) is 11.3 Å². The van der Waals surface area contributed by atoms with E-state index in [0.717, 1.165) is 34.6 Å². The lowest BCUT2D eigenvalue weighted by Crippen LogP contribution is -2.35. The second-order valence-corrected chi connectivity index (χ2v) is 9.01. The second kappa shape index (κ2) is 11.9. The Morgan fingerprint density at radius 2 is 1.53 bits per heavy atom. The van der Waals surface area contributed by atoms with Crippen molar-refractivity contribution in [3.05, 3.63) is 96.1 Å². The Morgan fingerprint density at radius 3 is 2.14 bits per heavy atom. The zero-order valence-corrected chi connectivity index (χ0v) is 21.5. The molecule has 4 aromatic rings. The van der Waals surface area contributed by atoms with Gasteiger partial charge in [0.1, 0.15) is 17.2 Å². The summed E-state index contributed by atoms with van der Waals surface area (Å²) in [5.74, 6) is 2.16. The van der Waals surface area contributed by atoms with Crippen LogP contribution in [-0.2, 0) is 13.6 Å². The molecular weight excluding hydrogens is 450 g/mol. The average molecular weight is 486 g/mol. The van der Waals surface area contributed by atoms with Crippen LogP contribution in [0.2, 0.25) is 0 Å². The monoisotopic (exact) mass is 485 g/mol. The molecule has 188 valence electrons. The number of aliphatic hydroxyl groups excluding tert-OH is 1. The summed E-state index contributed by atoms with van der Waals surface area (Å²) in [7, 11) is 3.55. The number of nitrogens with zero attached hydrogens (tertiary/aromatic N) is 3. The van der Waals surface area contributed by atoms with Gasteiger partial charge in [0.05, 0.1) is 18.8 Å². The minimum absolute atomic E-state index is 0.251. The van der Waals surface area contributed by atoms with Crippen LogP contribution in [0.3, 0.4) is 0 Å². The fraction of sp³-hybridized carbons (Fsp3) is 0.300. The summed E-state index contributed by atoms with van der Waals surface area (Å²) >= 11 is 0. The summed E-state index contributed by atoms with van der Waals surface area (Å²) in [5.41, 5.74) is 3.81. The van der Waals surface area contributed by atoms with Crippen LogP contribution in [0, 0.1) is 0 Å². The lowest BCUT2D eigenvalue weighted by molar-refractivity contribution is 0.0844. The summed E-state index contributed by atoms with van der Waals surface area (Å²) in [6.45, 7) is 5.45. The molecule has 0 aliphatic carbocycles. The molecule has 0 amide bonds. The molecule has 1 aromatic heterocycles. The second-order valence-electron chi connectivity index (χ2n) is 9.01. The number of aryl methyl sites for hydroxylation is 1. The molecule has 1 N–H and O–H groups in total. The Balaban J connectivity index is 1.71. The molecule has 1 heterocycles. The highest BCUT2D eigenvalue weighted by Gasteiger charge is 2.25. The van der Waals surface area contributed by atoms with Gasteiger partial charge >= 0.3 is 0 Å². The average Bonchev–Trinajstić information content (AvgIpc) is 3.23.